The number of hydrogen-bond acceptors (Lipinski definition) is 4. The smallest absolute Gasteiger partial charge is 0.354 e. The molecule has 5 nitrogen and oxygen atoms in total. The van der Waals surface area contributed by atoms with Crippen LogP contribution in [0.3, 0.4) is 0 Å². The van der Waals surface area contributed by atoms with Crippen LogP contribution in [0.4, 0.5) is 0 Å². The van der Waals surface area contributed by atoms with Gasteiger partial charge in [0, 0.05) is 18.5 Å². The fraction of sp³-hybridized carbons (Fsp3) is 0.583. The number of esters is 1. The monoisotopic (exact) mass is 273 g/mol. The quantitative estimate of drug-likeness (QED) is 0.706. The predicted molar refractivity (Wildman–Crippen MR) is 69.3 cm³/mol. The van der Waals surface area contributed by atoms with Crippen LogP contribution < -0.4 is 0 Å². The fourth-order valence-electron chi connectivity index (χ4n) is 1.65. The van der Waals surface area contributed by atoms with Crippen LogP contribution in [0.15, 0.2) is 18.3 Å². The summed E-state index contributed by atoms with van der Waals surface area (Å²) in [6, 6.07) is 3.34. The molecule has 0 saturated carbocycles. The van der Waals surface area contributed by atoms with Crippen LogP contribution in [0.2, 0.25) is 0 Å². The summed E-state index contributed by atoms with van der Waals surface area (Å²) in [5.74, 6) is -0.194. The van der Waals surface area contributed by atoms with E-state index in [1.165, 1.54) is 0 Å². The molecule has 6 heteroatoms. The fourth-order valence-corrected chi connectivity index (χ4v) is 2.95. The SMILES string of the molecule is CCCS(=O)(=O)CCn1cccc1C(=O)OCC. The third-order valence-electron chi connectivity index (χ3n) is 2.47. The standard InChI is InChI=1S/C12H19NO4S/c1-3-9-18(15,16)10-8-13-7-5-6-11(13)12(14)17-4-2/h5-7H,3-4,8-10H2,1-2H3. The maximum atomic E-state index is 11.6. The van der Waals surface area contributed by atoms with Gasteiger partial charge in [-0.1, -0.05) is 6.92 Å². The Balaban J connectivity index is 2.69. The molecule has 0 aliphatic carbocycles. The van der Waals surface area contributed by atoms with Gasteiger partial charge in [0.05, 0.1) is 12.4 Å². The molecule has 0 amide bonds. The van der Waals surface area contributed by atoms with E-state index in [4.69, 9.17) is 4.74 Å². The first-order valence-electron chi connectivity index (χ1n) is 6.03. The van der Waals surface area contributed by atoms with Crippen molar-refractivity contribution in [3.8, 4) is 0 Å². The van der Waals surface area contributed by atoms with Crippen LogP contribution in [0.5, 0.6) is 0 Å². The molecular formula is C12H19NO4S. The van der Waals surface area contributed by atoms with E-state index in [1.54, 1.807) is 29.8 Å². The van der Waals surface area contributed by atoms with E-state index in [2.05, 4.69) is 0 Å². The van der Waals surface area contributed by atoms with Gasteiger partial charge in [-0.2, -0.15) is 0 Å². The van der Waals surface area contributed by atoms with Crippen LogP contribution >= 0.6 is 0 Å². The summed E-state index contributed by atoms with van der Waals surface area (Å²) in [6.07, 6.45) is 2.30. The van der Waals surface area contributed by atoms with Crippen LogP contribution in [0, 0.1) is 0 Å². The van der Waals surface area contributed by atoms with Crippen molar-refractivity contribution >= 4 is 15.8 Å². The lowest BCUT2D eigenvalue weighted by Crippen LogP contribution is -2.18. The van der Waals surface area contributed by atoms with E-state index in [0.717, 1.165) is 0 Å². The molecule has 0 atom stereocenters. The minimum absolute atomic E-state index is 0.0436. The Hall–Kier alpha value is -1.30. The molecule has 0 aliphatic heterocycles. The average molecular weight is 273 g/mol. The molecule has 1 heterocycles. The summed E-state index contributed by atoms with van der Waals surface area (Å²) >= 11 is 0. The van der Waals surface area contributed by atoms with Crippen molar-refractivity contribution in [2.75, 3.05) is 18.1 Å². The first-order valence-corrected chi connectivity index (χ1v) is 7.85. The second-order valence-corrected chi connectivity index (χ2v) is 6.26. The first kappa shape index (κ1) is 14.8. The maximum Gasteiger partial charge on any atom is 0.354 e. The third kappa shape index (κ3) is 4.18. The highest BCUT2D eigenvalue weighted by molar-refractivity contribution is 7.91. The Bertz CT molecular complexity index is 490. The number of aryl methyl sites for hydroxylation is 1. The minimum Gasteiger partial charge on any atom is -0.461 e. The third-order valence-corrected chi connectivity index (χ3v) is 4.31. The lowest BCUT2D eigenvalue weighted by atomic mass is 10.4. The molecule has 18 heavy (non-hydrogen) atoms. The van der Waals surface area contributed by atoms with Gasteiger partial charge >= 0.3 is 5.97 Å². The van der Waals surface area contributed by atoms with Crippen molar-refractivity contribution in [2.24, 2.45) is 0 Å². The van der Waals surface area contributed by atoms with E-state index in [9.17, 15) is 13.2 Å². The Morgan fingerprint density at radius 2 is 2.06 bits per heavy atom. The molecule has 1 aromatic rings. The van der Waals surface area contributed by atoms with Crippen molar-refractivity contribution in [1.29, 1.82) is 0 Å². The lowest BCUT2D eigenvalue weighted by molar-refractivity contribution is 0.0514. The lowest BCUT2D eigenvalue weighted by Gasteiger charge is -2.08. The first-order chi connectivity index (χ1) is 8.50. The second kappa shape index (κ2) is 6.58. The molecule has 0 aliphatic rings. The van der Waals surface area contributed by atoms with Crippen LogP contribution in [-0.2, 0) is 21.1 Å². The van der Waals surface area contributed by atoms with Gasteiger partial charge in [-0.25, -0.2) is 13.2 Å². The van der Waals surface area contributed by atoms with Gasteiger partial charge < -0.3 is 9.30 Å². The van der Waals surface area contributed by atoms with Gasteiger partial charge in [0.25, 0.3) is 0 Å². The Morgan fingerprint density at radius 1 is 1.33 bits per heavy atom. The summed E-state index contributed by atoms with van der Waals surface area (Å²) in [5, 5.41) is 0. The van der Waals surface area contributed by atoms with Gasteiger partial charge in [0.15, 0.2) is 9.84 Å². The topological polar surface area (TPSA) is 65.4 Å². The molecule has 0 N–H and O–H groups in total. The molecule has 102 valence electrons. The molecule has 0 unspecified atom stereocenters. The van der Waals surface area contributed by atoms with E-state index in [1.807, 2.05) is 6.92 Å². The van der Waals surface area contributed by atoms with Crippen LogP contribution in [0.25, 0.3) is 0 Å². The zero-order valence-electron chi connectivity index (χ0n) is 10.8. The number of rotatable bonds is 7. The largest absolute Gasteiger partial charge is 0.461 e. The Labute approximate surface area is 108 Å². The summed E-state index contributed by atoms with van der Waals surface area (Å²) in [5.41, 5.74) is 0.392. The summed E-state index contributed by atoms with van der Waals surface area (Å²) in [7, 11) is -3.04. The highest BCUT2D eigenvalue weighted by Crippen LogP contribution is 2.06. The molecule has 1 aromatic heterocycles. The van der Waals surface area contributed by atoms with Gasteiger partial charge in [-0.05, 0) is 25.5 Å². The summed E-state index contributed by atoms with van der Waals surface area (Å²) in [6.45, 7) is 4.15. The van der Waals surface area contributed by atoms with Gasteiger partial charge in [0.2, 0.25) is 0 Å². The van der Waals surface area contributed by atoms with Crippen molar-refractivity contribution < 1.29 is 17.9 Å². The van der Waals surface area contributed by atoms with Crippen LogP contribution in [0.1, 0.15) is 30.8 Å². The number of carbonyl (C=O) groups excluding carboxylic acids is 1. The molecule has 0 saturated heterocycles. The van der Waals surface area contributed by atoms with Crippen molar-refractivity contribution in [2.45, 2.75) is 26.8 Å². The molecular weight excluding hydrogens is 254 g/mol. The highest BCUT2D eigenvalue weighted by Gasteiger charge is 2.14. The summed E-state index contributed by atoms with van der Waals surface area (Å²) < 4.78 is 29.7. The molecule has 0 spiro atoms. The number of hydrogen-bond donors (Lipinski definition) is 0. The van der Waals surface area contributed by atoms with E-state index in [-0.39, 0.29) is 18.1 Å². The number of carbonyl (C=O) groups is 1. The highest BCUT2D eigenvalue weighted by atomic mass is 32.2. The van der Waals surface area contributed by atoms with Gasteiger partial charge in [0.1, 0.15) is 5.69 Å². The van der Waals surface area contributed by atoms with Crippen molar-refractivity contribution in [3.63, 3.8) is 0 Å². The number of nitrogens with zero attached hydrogens (tertiary/aromatic N) is 1. The average Bonchev–Trinajstić information content (AvgIpc) is 2.75. The summed E-state index contributed by atoms with van der Waals surface area (Å²) in [4.78, 5) is 11.6. The van der Waals surface area contributed by atoms with E-state index in [0.29, 0.717) is 18.7 Å². The Morgan fingerprint density at radius 3 is 2.67 bits per heavy atom. The maximum absolute atomic E-state index is 11.6. The normalized spacial score (nSPS) is 11.4. The molecule has 0 aromatic carbocycles. The zero-order chi connectivity index (χ0) is 13.6. The van der Waals surface area contributed by atoms with E-state index >= 15 is 0 Å². The number of ether oxygens (including phenoxy) is 1. The van der Waals surface area contributed by atoms with Gasteiger partial charge in [-0.15, -0.1) is 0 Å². The minimum atomic E-state index is -3.04. The van der Waals surface area contributed by atoms with Crippen LogP contribution in [-0.4, -0.2) is 37.1 Å². The molecule has 0 fully saturated rings. The van der Waals surface area contributed by atoms with Crippen molar-refractivity contribution in [3.05, 3.63) is 24.0 Å². The van der Waals surface area contributed by atoms with Crippen molar-refractivity contribution in [1.82, 2.24) is 4.57 Å². The molecule has 0 bridgehead atoms. The van der Waals surface area contributed by atoms with E-state index < -0.39 is 15.8 Å². The number of sulfone groups is 1. The zero-order valence-corrected chi connectivity index (χ0v) is 11.6. The Kier molecular flexibility index (Phi) is 5.40. The predicted octanol–water partition coefficient (Wildman–Crippen LogP) is 1.49. The molecule has 1 rings (SSSR count). The van der Waals surface area contributed by atoms with Gasteiger partial charge in [-0.3, -0.25) is 0 Å². The number of aromatic nitrogens is 1. The second-order valence-electron chi connectivity index (χ2n) is 3.96. The molecule has 0 radical (unpaired) electrons.